The van der Waals surface area contributed by atoms with Gasteiger partial charge in [0.05, 0.1) is 5.69 Å². The number of phenolic OH excluding ortho intramolecular Hbond substituents is 2. The first-order valence-corrected chi connectivity index (χ1v) is 11.3. The van der Waals surface area contributed by atoms with Gasteiger partial charge in [0, 0.05) is 35.1 Å². The third-order valence-corrected chi connectivity index (χ3v) is 6.06. The molecule has 0 atom stereocenters. The molecule has 5 rings (SSSR count). The van der Waals surface area contributed by atoms with Gasteiger partial charge in [-0.3, -0.25) is 4.79 Å². The molecular weight excluding hydrogens is 428 g/mol. The molecule has 0 radical (unpaired) electrons. The van der Waals surface area contributed by atoms with Crippen LogP contribution in [-0.4, -0.2) is 46.1 Å². The van der Waals surface area contributed by atoms with Crippen molar-refractivity contribution >= 4 is 22.8 Å². The summed E-state index contributed by atoms with van der Waals surface area (Å²) in [5, 5.41) is 21.1. The highest BCUT2D eigenvalue weighted by Gasteiger charge is 2.32. The van der Waals surface area contributed by atoms with E-state index in [1.807, 2.05) is 36.4 Å². The van der Waals surface area contributed by atoms with Crippen LogP contribution in [0.5, 0.6) is 17.2 Å². The summed E-state index contributed by atoms with van der Waals surface area (Å²) in [5.74, 6) is -0.587. The number of para-hydroxylation sites is 1. The lowest BCUT2D eigenvalue weighted by molar-refractivity contribution is 0.101. The van der Waals surface area contributed by atoms with Crippen LogP contribution in [0.3, 0.4) is 0 Å². The highest BCUT2D eigenvalue weighted by Crippen LogP contribution is 2.42. The minimum absolute atomic E-state index is 0.0695. The second-order valence-electron chi connectivity index (χ2n) is 8.73. The minimum atomic E-state index is -0.407. The largest absolute Gasteiger partial charge is 0.508 e. The van der Waals surface area contributed by atoms with Crippen molar-refractivity contribution in [1.29, 1.82) is 0 Å². The van der Waals surface area contributed by atoms with Crippen molar-refractivity contribution < 1.29 is 19.7 Å². The number of carbonyl (C=O) groups excluding carboxylic acids is 1. The van der Waals surface area contributed by atoms with E-state index in [0.717, 1.165) is 53.3 Å². The number of hydrogen-bond acceptors (Lipinski definition) is 5. The molecule has 3 aromatic carbocycles. The summed E-state index contributed by atoms with van der Waals surface area (Å²) in [5.41, 5.74) is 4.08. The smallest absolute Gasteiger partial charge is 0.235 e. The molecule has 2 heterocycles. The topological polar surface area (TPSA) is 74.9 Å². The van der Waals surface area contributed by atoms with E-state index in [1.165, 1.54) is 6.07 Å². The fraction of sp³-hybridized carbons (Fsp3) is 0.179. The second kappa shape index (κ2) is 8.72. The number of aromatic hydroxyl groups is 2. The second-order valence-corrected chi connectivity index (χ2v) is 8.73. The number of aromatic nitrogens is 1. The van der Waals surface area contributed by atoms with E-state index in [-0.39, 0.29) is 28.6 Å². The number of benzene rings is 3. The highest BCUT2D eigenvalue weighted by molar-refractivity contribution is 6.17. The maximum absolute atomic E-state index is 13.1. The average molecular weight is 455 g/mol. The third-order valence-electron chi connectivity index (χ3n) is 6.06. The maximum atomic E-state index is 13.1. The molecule has 6 heteroatoms. The molecule has 1 aliphatic rings. The Morgan fingerprint density at radius 1 is 1.00 bits per heavy atom. The molecule has 1 aliphatic heterocycles. The molecule has 0 saturated heterocycles. The molecule has 0 unspecified atom stereocenters. The predicted molar refractivity (Wildman–Crippen MR) is 133 cm³/mol. The van der Waals surface area contributed by atoms with Gasteiger partial charge in [0.25, 0.3) is 0 Å². The Morgan fingerprint density at radius 2 is 1.74 bits per heavy atom. The number of rotatable bonds is 6. The Balaban J connectivity index is 1.70. The summed E-state index contributed by atoms with van der Waals surface area (Å²) in [6.45, 7) is 1.77. The quantitative estimate of drug-likeness (QED) is 0.388. The van der Waals surface area contributed by atoms with Crippen LogP contribution in [-0.2, 0) is 6.54 Å². The lowest BCUT2D eigenvalue weighted by atomic mass is 10.0. The molecule has 172 valence electrons. The van der Waals surface area contributed by atoms with Gasteiger partial charge in [0.2, 0.25) is 5.78 Å². The fourth-order valence-corrected chi connectivity index (χ4v) is 4.57. The zero-order chi connectivity index (χ0) is 23.8. The number of ether oxygens (including phenoxy) is 1. The number of nitrogens with zero attached hydrogens (tertiary/aromatic N) is 2. The van der Waals surface area contributed by atoms with Crippen LogP contribution in [0.1, 0.15) is 22.3 Å². The fourth-order valence-electron chi connectivity index (χ4n) is 4.57. The van der Waals surface area contributed by atoms with Gasteiger partial charge in [-0.15, -0.1) is 0 Å². The molecule has 0 bridgehead atoms. The minimum Gasteiger partial charge on any atom is -0.508 e. The summed E-state index contributed by atoms with van der Waals surface area (Å²) < 4.78 is 8.12. The summed E-state index contributed by atoms with van der Waals surface area (Å²) in [6.07, 6.45) is 2.72. The van der Waals surface area contributed by atoms with E-state index in [1.54, 1.807) is 6.08 Å². The summed E-state index contributed by atoms with van der Waals surface area (Å²) >= 11 is 0. The van der Waals surface area contributed by atoms with Crippen molar-refractivity contribution in [3.63, 3.8) is 0 Å². The number of fused-ring (bicyclic) bond motifs is 2. The van der Waals surface area contributed by atoms with Gasteiger partial charge in [-0.2, -0.15) is 0 Å². The van der Waals surface area contributed by atoms with Crippen molar-refractivity contribution in [2.75, 3.05) is 20.6 Å². The molecule has 0 aliphatic carbocycles. The monoisotopic (exact) mass is 454 g/mol. The van der Waals surface area contributed by atoms with Crippen molar-refractivity contribution in [3.8, 4) is 28.5 Å². The van der Waals surface area contributed by atoms with Crippen LogP contribution in [0.25, 0.3) is 28.2 Å². The zero-order valence-corrected chi connectivity index (χ0v) is 19.2. The molecule has 6 nitrogen and oxygen atoms in total. The lowest BCUT2D eigenvalue weighted by Gasteiger charge is -2.14. The number of carbonyl (C=O) groups is 1. The molecule has 1 aromatic heterocycles. The molecule has 4 aromatic rings. The van der Waals surface area contributed by atoms with Gasteiger partial charge in [-0.1, -0.05) is 48.5 Å². The number of aryl methyl sites for hydroxylation is 1. The lowest BCUT2D eigenvalue weighted by Crippen LogP contribution is -2.15. The van der Waals surface area contributed by atoms with Gasteiger partial charge < -0.3 is 24.4 Å². The van der Waals surface area contributed by atoms with Crippen molar-refractivity contribution in [2.24, 2.45) is 0 Å². The van der Waals surface area contributed by atoms with Gasteiger partial charge >= 0.3 is 0 Å². The molecule has 0 spiro atoms. The van der Waals surface area contributed by atoms with E-state index in [9.17, 15) is 15.0 Å². The molecular formula is C28H26N2O4. The number of ketones is 1. The summed E-state index contributed by atoms with van der Waals surface area (Å²) in [4.78, 5) is 15.3. The van der Waals surface area contributed by atoms with Gasteiger partial charge in [-0.05, 0) is 44.8 Å². The summed E-state index contributed by atoms with van der Waals surface area (Å²) in [7, 11) is 4.13. The van der Waals surface area contributed by atoms with Crippen LogP contribution in [0.4, 0.5) is 0 Å². The highest BCUT2D eigenvalue weighted by atomic mass is 16.5. The Kier molecular flexibility index (Phi) is 5.59. The first-order valence-electron chi connectivity index (χ1n) is 11.3. The van der Waals surface area contributed by atoms with E-state index in [4.69, 9.17) is 4.74 Å². The van der Waals surface area contributed by atoms with Crippen LogP contribution in [0.2, 0.25) is 0 Å². The van der Waals surface area contributed by atoms with E-state index in [0.29, 0.717) is 0 Å². The van der Waals surface area contributed by atoms with E-state index in [2.05, 4.69) is 41.8 Å². The zero-order valence-electron chi connectivity index (χ0n) is 19.2. The standard InChI is InChI=1S/C28H26N2O4/c1-29(2)13-8-14-30-22-12-7-6-11-20(22)21(27(30)18-9-4-3-5-10-18)17-25-28(33)26-23(32)15-19(31)16-24(26)34-25/h3-7,9-12,15-17,31-32H,8,13-14H2,1-2H3. The maximum Gasteiger partial charge on any atom is 0.235 e. The Morgan fingerprint density at radius 3 is 2.50 bits per heavy atom. The molecule has 0 fully saturated rings. The van der Waals surface area contributed by atoms with E-state index < -0.39 is 5.78 Å². The van der Waals surface area contributed by atoms with Gasteiger partial charge in [-0.25, -0.2) is 0 Å². The number of Topliss-reactive ketones (excluding diaryl/α,β-unsaturated/α-hetero) is 1. The Labute approximate surface area is 197 Å². The van der Waals surface area contributed by atoms with Crippen LogP contribution in [0.15, 0.2) is 72.5 Å². The first-order chi connectivity index (χ1) is 16.4. The van der Waals surface area contributed by atoms with Gasteiger partial charge in [0.15, 0.2) is 5.76 Å². The summed E-state index contributed by atoms with van der Waals surface area (Å²) in [6, 6.07) is 20.8. The van der Waals surface area contributed by atoms with Crippen molar-refractivity contribution in [1.82, 2.24) is 9.47 Å². The first kappa shape index (κ1) is 21.8. The number of allylic oxidation sites excluding steroid dienone is 1. The van der Waals surface area contributed by atoms with Crippen LogP contribution < -0.4 is 4.74 Å². The van der Waals surface area contributed by atoms with Gasteiger partial charge in [0.1, 0.15) is 22.8 Å². The third kappa shape index (κ3) is 3.82. The predicted octanol–water partition coefficient (Wildman–Crippen LogP) is 5.29. The van der Waals surface area contributed by atoms with Crippen molar-refractivity contribution in [2.45, 2.75) is 13.0 Å². The normalized spacial score (nSPS) is 14.2. The molecule has 34 heavy (non-hydrogen) atoms. The molecule has 2 N–H and O–H groups in total. The number of phenols is 2. The SMILES string of the molecule is CN(C)CCCn1c(-c2ccccc2)c(C=C2Oc3cc(O)cc(O)c3C2=O)c2ccccc21. The Bertz CT molecular complexity index is 1420. The van der Waals surface area contributed by atoms with Crippen LogP contribution >= 0.6 is 0 Å². The average Bonchev–Trinajstić information content (AvgIpc) is 3.29. The Hall–Kier alpha value is -4.03. The molecule has 0 amide bonds. The van der Waals surface area contributed by atoms with E-state index >= 15 is 0 Å². The molecule has 0 saturated carbocycles. The van der Waals surface area contributed by atoms with Crippen LogP contribution in [0, 0.1) is 0 Å². The van der Waals surface area contributed by atoms with Crippen molar-refractivity contribution in [3.05, 3.63) is 83.6 Å². The number of hydrogen-bond donors (Lipinski definition) is 2.